The molecule has 0 saturated carbocycles. The predicted molar refractivity (Wildman–Crippen MR) is 183 cm³/mol. The van der Waals surface area contributed by atoms with Crippen molar-refractivity contribution in [2.75, 3.05) is 19.6 Å². The van der Waals surface area contributed by atoms with Crippen molar-refractivity contribution >= 4 is 29.1 Å². The molecule has 5 nitrogen and oxygen atoms in total. The number of aromatic nitrogens is 3. The summed E-state index contributed by atoms with van der Waals surface area (Å²) in [6.07, 6.45) is 21.2. The van der Waals surface area contributed by atoms with Crippen LogP contribution in [0.3, 0.4) is 0 Å². The topological polar surface area (TPSA) is 73.7 Å². The van der Waals surface area contributed by atoms with Crippen LogP contribution in [-0.4, -0.2) is 39.7 Å². The normalized spacial score (nSPS) is 20.1. The van der Waals surface area contributed by atoms with Gasteiger partial charge in [0.2, 0.25) is 0 Å². The predicted octanol–water partition coefficient (Wildman–Crippen LogP) is 6.53. The number of rotatable bonds is 8. The summed E-state index contributed by atoms with van der Waals surface area (Å²) in [6.45, 7) is 16.3. The molecule has 0 spiro atoms. The van der Waals surface area contributed by atoms with Crippen LogP contribution in [0, 0.1) is 18.8 Å². The lowest BCUT2D eigenvalue weighted by atomic mass is 9.95. The van der Waals surface area contributed by atoms with Crippen molar-refractivity contribution in [3.05, 3.63) is 115 Å². The van der Waals surface area contributed by atoms with Gasteiger partial charge in [-0.3, -0.25) is 10.00 Å². The third kappa shape index (κ3) is 6.41. The Hall–Kier alpha value is -3.87. The molecule has 3 aliphatic rings. The summed E-state index contributed by atoms with van der Waals surface area (Å²) in [7, 11) is 0. The zero-order valence-electron chi connectivity index (χ0n) is 25.8. The molecule has 43 heavy (non-hydrogen) atoms. The Morgan fingerprint density at radius 1 is 1.23 bits per heavy atom. The SMILES string of the molecule is C=C[C@H](C)/C=C(\C=C(/C)CN1CCCC1)C1=C[C@H](C)C=c2[nH]nc(-c3cc4c([nH]3)CC(N)=CC=C4c3ccc(C)s3)c2=C1. The number of aromatic amines is 2. The average Bonchev–Trinajstić information content (AvgIpc) is 3.76. The number of H-pyrrole nitrogens is 2. The molecule has 0 unspecified atom stereocenters. The lowest BCUT2D eigenvalue weighted by molar-refractivity contribution is 0.368. The highest BCUT2D eigenvalue weighted by molar-refractivity contribution is 7.13. The first-order valence-corrected chi connectivity index (χ1v) is 16.3. The average molecular weight is 590 g/mol. The second kappa shape index (κ2) is 12.4. The standard InChI is InChI=1S/C37H43N5S/c1-6-23(2)15-27(17-25(4)22-42-13-7-8-14-42)28-16-24(3)18-34-32(19-28)37(41-40-34)35-21-31-30(36-12-9-26(5)43-36)11-10-29(38)20-33(31)39-35/h6,9-12,15-19,21,23-24,39-40H,1,7-8,13-14,20,22,38H2,2-5H3/b25-17+,27-15+/t23-,24-/m0/s1. The van der Waals surface area contributed by atoms with Gasteiger partial charge in [-0.2, -0.15) is 5.10 Å². The number of aryl methyl sites for hydroxylation is 1. The molecule has 0 bridgehead atoms. The van der Waals surface area contributed by atoms with Gasteiger partial charge in [0.05, 0.1) is 11.0 Å². The van der Waals surface area contributed by atoms with Crippen molar-refractivity contribution in [2.24, 2.45) is 17.6 Å². The van der Waals surface area contributed by atoms with E-state index in [4.69, 9.17) is 10.8 Å². The largest absolute Gasteiger partial charge is 0.402 e. The van der Waals surface area contributed by atoms with Gasteiger partial charge in [-0.15, -0.1) is 17.9 Å². The smallest absolute Gasteiger partial charge is 0.116 e. The van der Waals surface area contributed by atoms with Crippen molar-refractivity contribution < 1.29 is 0 Å². The third-order valence-corrected chi connectivity index (χ3v) is 9.56. The zero-order valence-corrected chi connectivity index (χ0v) is 26.7. The van der Waals surface area contributed by atoms with Crippen LogP contribution in [-0.2, 0) is 6.42 Å². The van der Waals surface area contributed by atoms with Gasteiger partial charge in [-0.25, -0.2) is 0 Å². The Morgan fingerprint density at radius 3 is 2.79 bits per heavy atom. The summed E-state index contributed by atoms with van der Waals surface area (Å²) in [6, 6.07) is 6.64. The van der Waals surface area contributed by atoms with Crippen LogP contribution >= 0.6 is 11.3 Å². The van der Waals surface area contributed by atoms with Gasteiger partial charge in [0.15, 0.2) is 0 Å². The van der Waals surface area contributed by atoms with E-state index in [1.807, 2.05) is 23.5 Å². The number of nitrogens with zero attached hydrogens (tertiary/aromatic N) is 2. The molecule has 3 aromatic rings. The number of hydrogen-bond donors (Lipinski definition) is 3. The molecule has 2 aliphatic carbocycles. The summed E-state index contributed by atoms with van der Waals surface area (Å²) >= 11 is 1.81. The molecule has 3 aromatic heterocycles. The van der Waals surface area contributed by atoms with Crippen LogP contribution < -0.4 is 16.3 Å². The van der Waals surface area contributed by atoms with Gasteiger partial charge in [0.25, 0.3) is 0 Å². The second-order valence-electron chi connectivity index (χ2n) is 12.4. The highest BCUT2D eigenvalue weighted by Crippen LogP contribution is 2.35. The van der Waals surface area contributed by atoms with Gasteiger partial charge in [0, 0.05) is 50.5 Å². The van der Waals surface area contributed by atoms with E-state index in [2.05, 4.69) is 104 Å². The summed E-state index contributed by atoms with van der Waals surface area (Å²) in [5.74, 6) is 0.507. The molecule has 4 N–H and O–H groups in total. The van der Waals surface area contributed by atoms with E-state index < -0.39 is 0 Å². The first kappa shape index (κ1) is 29.2. The molecular formula is C37H43N5S. The Morgan fingerprint density at radius 2 is 2.05 bits per heavy atom. The van der Waals surface area contributed by atoms with Crippen LogP contribution in [0.5, 0.6) is 0 Å². The summed E-state index contributed by atoms with van der Waals surface area (Å²) < 4.78 is 0. The molecule has 4 heterocycles. The van der Waals surface area contributed by atoms with E-state index in [9.17, 15) is 0 Å². The maximum Gasteiger partial charge on any atom is 0.116 e. The molecule has 1 aliphatic heterocycles. The molecule has 1 saturated heterocycles. The van der Waals surface area contributed by atoms with E-state index in [1.165, 1.54) is 63.5 Å². The van der Waals surface area contributed by atoms with E-state index >= 15 is 0 Å². The van der Waals surface area contributed by atoms with Crippen molar-refractivity contribution in [1.82, 2.24) is 20.1 Å². The molecule has 6 rings (SSSR count). The third-order valence-electron chi connectivity index (χ3n) is 8.52. The summed E-state index contributed by atoms with van der Waals surface area (Å²) in [5, 5.41) is 10.4. The van der Waals surface area contributed by atoms with Gasteiger partial charge in [-0.1, -0.05) is 55.9 Å². The lowest BCUT2D eigenvalue weighted by Crippen LogP contribution is -2.24. The van der Waals surface area contributed by atoms with E-state index in [0.29, 0.717) is 6.42 Å². The van der Waals surface area contributed by atoms with Gasteiger partial charge in [-0.05, 0) is 93.1 Å². The fourth-order valence-electron chi connectivity index (χ4n) is 6.35. The first-order chi connectivity index (χ1) is 20.8. The van der Waals surface area contributed by atoms with Gasteiger partial charge in [0.1, 0.15) is 5.69 Å². The fourth-order valence-corrected chi connectivity index (χ4v) is 7.25. The summed E-state index contributed by atoms with van der Waals surface area (Å²) in [5.41, 5.74) is 16.5. The molecule has 0 amide bonds. The minimum absolute atomic E-state index is 0.248. The Kier molecular flexibility index (Phi) is 8.42. The Labute approximate surface area is 259 Å². The van der Waals surface area contributed by atoms with Crippen LogP contribution in [0.4, 0.5) is 0 Å². The molecule has 6 heteroatoms. The molecular weight excluding hydrogens is 547 g/mol. The molecule has 222 valence electrons. The van der Waals surface area contributed by atoms with Crippen LogP contribution in [0.25, 0.3) is 29.1 Å². The van der Waals surface area contributed by atoms with Gasteiger partial charge < -0.3 is 10.7 Å². The van der Waals surface area contributed by atoms with Crippen molar-refractivity contribution in [3.63, 3.8) is 0 Å². The maximum atomic E-state index is 6.40. The van der Waals surface area contributed by atoms with E-state index in [0.717, 1.165) is 39.9 Å². The van der Waals surface area contributed by atoms with Crippen LogP contribution in [0.1, 0.15) is 54.6 Å². The summed E-state index contributed by atoms with van der Waals surface area (Å²) in [4.78, 5) is 8.82. The highest BCUT2D eigenvalue weighted by Gasteiger charge is 2.21. The minimum atomic E-state index is 0.248. The van der Waals surface area contributed by atoms with E-state index in [1.54, 1.807) is 0 Å². The number of fused-ring (bicyclic) bond motifs is 2. The number of hydrogen-bond acceptors (Lipinski definition) is 4. The fraction of sp³-hybridized carbons (Fsp3) is 0.324. The second-order valence-corrected chi connectivity index (χ2v) is 13.7. The van der Waals surface area contributed by atoms with E-state index in [-0.39, 0.29) is 11.8 Å². The van der Waals surface area contributed by atoms with Crippen LogP contribution in [0.2, 0.25) is 0 Å². The molecule has 0 radical (unpaired) electrons. The monoisotopic (exact) mass is 589 g/mol. The Balaban J connectivity index is 1.43. The van der Waals surface area contributed by atoms with Gasteiger partial charge >= 0.3 is 0 Å². The minimum Gasteiger partial charge on any atom is -0.402 e. The highest BCUT2D eigenvalue weighted by atomic mass is 32.1. The van der Waals surface area contributed by atoms with Crippen molar-refractivity contribution in [1.29, 1.82) is 0 Å². The van der Waals surface area contributed by atoms with Crippen LogP contribution in [0.15, 0.2) is 83.7 Å². The quantitative estimate of drug-likeness (QED) is 0.207. The first-order valence-electron chi connectivity index (χ1n) is 15.5. The molecule has 0 aromatic carbocycles. The molecule has 2 atom stereocenters. The number of allylic oxidation sites excluding steroid dienone is 9. The molecule has 1 fully saturated rings. The number of thiophene rings is 1. The zero-order chi connectivity index (χ0) is 30.1. The van der Waals surface area contributed by atoms with Crippen molar-refractivity contribution in [3.8, 4) is 11.4 Å². The van der Waals surface area contributed by atoms with Crippen molar-refractivity contribution in [2.45, 2.75) is 47.0 Å². The maximum absolute atomic E-state index is 6.40. The Bertz CT molecular complexity index is 1810. The number of nitrogens with one attached hydrogen (secondary N) is 2. The number of nitrogens with two attached hydrogens (primary N) is 1. The number of likely N-dealkylation sites (tertiary alicyclic amines) is 1. The lowest BCUT2D eigenvalue weighted by Gasteiger charge is -2.16.